The van der Waals surface area contributed by atoms with Crippen molar-refractivity contribution < 1.29 is 4.74 Å². The third-order valence-electron chi connectivity index (χ3n) is 4.99. The minimum atomic E-state index is 0.366. The Labute approximate surface area is 127 Å². The summed E-state index contributed by atoms with van der Waals surface area (Å²) >= 11 is 1.83. The van der Waals surface area contributed by atoms with E-state index >= 15 is 0 Å². The summed E-state index contributed by atoms with van der Waals surface area (Å²) < 4.78 is 6.23. The van der Waals surface area contributed by atoms with Crippen molar-refractivity contribution in [1.29, 1.82) is 0 Å². The quantitative estimate of drug-likeness (QED) is 0.735. The Bertz CT molecular complexity index is 372. The molecule has 20 heavy (non-hydrogen) atoms. The van der Waals surface area contributed by atoms with Crippen LogP contribution < -0.4 is 5.32 Å². The Balaban J connectivity index is 1.82. The van der Waals surface area contributed by atoms with Gasteiger partial charge in [0.2, 0.25) is 0 Å². The van der Waals surface area contributed by atoms with Crippen LogP contribution in [-0.2, 0) is 11.2 Å². The van der Waals surface area contributed by atoms with E-state index in [4.69, 9.17) is 4.74 Å². The second-order valence-electron chi connectivity index (χ2n) is 5.87. The lowest BCUT2D eigenvalue weighted by Gasteiger charge is -2.55. The largest absolute Gasteiger partial charge is 0.377 e. The second kappa shape index (κ2) is 7.58. The van der Waals surface area contributed by atoms with Crippen LogP contribution in [0, 0.1) is 5.41 Å². The molecule has 1 aromatic heterocycles. The third kappa shape index (κ3) is 3.26. The van der Waals surface area contributed by atoms with Gasteiger partial charge in [-0.25, -0.2) is 0 Å². The number of ether oxygens (including phenoxy) is 1. The van der Waals surface area contributed by atoms with Crippen molar-refractivity contribution in [3.63, 3.8) is 0 Å². The van der Waals surface area contributed by atoms with Crippen LogP contribution in [0.2, 0.25) is 0 Å². The van der Waals surface area contributed by atoms with Crippen LogP contribution in [0.4, 0.5) is 0 Å². The summed E-state index contributed by atoms with van der Waals surface area (Å²) in [6.07, 6.45) is 6.34. The maximum absolute atomic E-state index is 6.23. The van der Waals surface area contributed by atoms with Crippen molar-refractivity contribution in [2.45, 2.75) is 65.0 Å². The van der Waals surface area contributed by atoms with Crippen molar-refractivity contribution in [2.75, 3.05) is 13.2 Å². The van der Waals surface area contributed by atoms with Crippen LogP contribution in [0.15, 0.2) is 17.5 Å². The fraction of sp³-hybridized carbons (Fsp3) is 0.765. The molecule has 2 atom stereocenters. The normalized spacial score (nSPS) is 24.6. The lowest BCUT2D eigenvalue weighted by molar-refractivity contribution is -0.139. The van der Waals surface area contributed by atoms with Crippen molar-refractivity contribution in [1.82, 2.24) is 5.32 Å². The van der Waals surface area contributed by atoms with Crippen molar-refractivity contribution in [2.24, 2.45) is 5.41 Å². The molecule has 0 aromatic carbocycles. The first-order valence-corrected chi connectivity index (χ1v) is 9.02. The average molecular weight is 295 g/mol. The Morgan fingerprint density at radius 2 is 2.15 bits per heavy atom. The Morgan fingerprint density at radius 3 is 2.75 bits per heavy atom. The van der Waals surface area contributed by atoms with Crippen LogP contribution in [0.25, 0.3) is 0 Å². The maximum Gasteiger partial charge on any atom is 0.0661 e. The maximum atomic E-state index is 6.23. The predicted molar refractivity (Wildman–Crippen MR) is 87.5 cm³/mol. The van der Waals surface area contributed by atoms with Gasteiger partial charge in [0.05, 0.1) is 12.7 Å². The summed E-state index contributed by atoms with van der Waals surface area (Å²) in [6.45, 7) is 8.87. The lowest BCUT2D eigenvalue weighted by Crippen LogP contribution is -2.63. The minimum absolute atomic E-state index is 0.366. The lowest BCUT2D eigenvalue weighted by atomic mass is 9.58. The van der Waals surface area contributed by atoms with Crippen LogP contribution in [-0.4, -0.2) is 25.3 Å². The minimum Gasteiger partial charge on any atom is -0.377 e. The van der Waals surface area contributed by atoms with E-state index in [0.29, 0.717) is 17.6 Å². The van der Waals surface area contributed by atoms with E-state index in [0.717, 1.165) is 19.6 Å². The van der Waals surface area contributed by atoms with E-state index in [-0.39, 0.29) is 0 Å². The SMILES string of the molecule is CCCNC1CC(OCCc2cccs2)C1(CC)CC. The number of thiophene rings is 1. The molecule has 1 fully saturated rings. The van der Waals surface area contributed by atoms with Crippen LogP contribution in [0.3, 0.4) is 0 Å². The molecular weight excluding hydrogens is 266 g/mol. The van der Waals surface area contributed by atoms with E-state index in [2.05, 4.69) is 43.6 Å². The van der Waals surface area contributed by atoms with Crippen LogP contribution >= 0.6 is 11.3 Å². The summed E-state index contributed by atoms with van der Waals surface area (Å²) in [7, 11) is 0. The summed E-state index contributed by atoms with van der Waals surface area (Å²) in [5.41, 5.74) is 0.366. The number of hydrogen-bond acceptors (Lipinski definition) is 3. The molecule has 114 valence electrons. The van der Waals surface area contributed by atoms with Gasteiger partial charge < -0.3 is 10.1 Å². The highest BCUT2D eigenvalue weighted by atomic mass is 32.1. The molecule has 1 aromatic rings. The molecule has 0 saturated heterocycles. The van der Waals surface area contributed by atoms with Crippen molar-refractivity contribution >= 4 is 11.3 Å². The molecule has 1 N–H and O–H groups in total. The van der Waals surface area contributed by atoms with E-state index in [1.165, 1.54) is 30.6 Å². The molecule has 0 aliphatic heterocycles. The van der Waals surface area contributed by atoms with Gasteiger partial charge in [0.25, 0.3) is 0 Å². The fourth-order valence-electron chi connectivity index (χ4n) is 3.54. The summed E-state index contributed by atoms with van der Waals surface area (Å²) in [5, 5.41) is 5.86. The van der Waals surface area contributed by atoms with Gasteiger partial charge >= 0.3 is 0 Å². The highest BCUT2D eigenvalue weighted by molar-refractivity contribution is 7.09. The summed E-state index contributed by atoms with van der Waals surface area (Å²) in [6, 6.07) is 4.98. The van der Waals surface area contributed by atoms with Gasteiger partial charge in [0, 0.05) is 22.8 Å². The highest BCUT2D eigenvalue weighted by Gasteiger charge is 2.52. The second-order valence-corrected chi connectivity index (χ2v) is 6.90. The Morgan fingerprint density at radius 1 is 1.35 bits per heavy atom. The van der Waals surface area contributed by atoms with E-state index in [1.54, 1.807) is 0 Å². The molecule has 2 nitrogen and oxygen atoms in total. The van der Waals surface area contributed by atoms with E-state index in [9.17, 15) is 0 Å². The zero-order chi connectivity index (χ0) is 14.4. The van der Waals surface area contributed by atoms with Gasteiger partial charge in [-0.05, 0) is 43.7 Å². The molecule has 3 heteroatoms. The number of hydrogen-bond donors (Lipinski definition) is 1. The van der Waals surface area contributed by atoms with Gasteiger partial charge in [0.15, 0.2) is 0 Å². The molecule has 1 saturated carbocycles. The van der Waals surface area contributed by atoms with Gasteiger partial charge in [-0.2, -0.15) is 0 Å². The third-order valence-corrected chi connectivity index (χ3v) is 5.93. The molecule has 1 heterocycles. The zero-order valence-corrected chi connectivity index (χ0v) is 14.0. The molecule has 2 rings (SSSR count). The monoisotopic (exact) mass is 295 g/mol. The first-order chi connectivity index (χ1) is 9.76. The van der Waals surface area contributed by atoms with Crippen LogP contribution in [0.5, 0.6) is 0 Å². The van der Waals surface area contributed by atoms with Gasteiger partial charge in [-0.15, -0.1) is 11.3 Å². The Kier molecular flexibility index (Phi) is 6.06. The molecule has 0 spiro atoms. The molecule has 0 amide bonds. The molecular formula is C17H29NOS. The van der Waals surface area contributed by atoms with Gasteiger partial charge in [-0.1, -0.05) is 26.8 Å². The highest BCUT2D eigenvalue weighted by Crippen LogP contribution is 2.48. The van der Waals surface area contributed by atoms with Crippen molar-refractivity contribution in [3.8, 4) is 0 Å². The predicted octanol–water partition coefficient (Wildman–Crippen LogP) is 4.25. The molecule has 1 aliphatic carbocycles. The average Bonchev–Trinajstić information content (AvgIpc) is 2.96. The molecule has 0 radical (unpaired) electrons. The zero-order valence-electron chi connectivity index (χ0n) is 13.2. The van der Waals surface area contributed by atoms with Crippen molar-refractivity contribution in [3.05, 3.63) is 22.4 Å². The summed E-state index contributed by atoms with van der Waals surface area (Å²) in [5.74, 6) is 0. The van der Waals surface area contributed by atoms with E-state index in [1.807, 2.05) is 11.3 Å². The fourth-order valence-corrected chi connectivity index (χ4v) is 4.23. The Hall–Kier alpha value is -0.380. The van der Waals surface area contributed by atoms with Crippen LogP contribution in [0.1, 0.15) is 51.3 Å². The summed E-state index contributed by atoms with van der Waals surface area (Å²) in [4.78, 5) is 1.43. The number of nitrogens with one attached hydrogen (secondary N) is 1. The molecule has 0 bridgehead atoms. The first-order valence-electron chi connectivity index (χ1n) is 8.14. The number of rotatable bonds is 9. The standard InChI is InChI=1S/C17H29NOS/c1-4-10-18-15-13-16(17(15,5-2)6-3)19-11-9-14-8-7-12-20-14/h7-8,12,15-16,18H,4-6,9-11,13H2,1-3H3. The smallest absolute Gasteiger partial charge is 0.0661 e. The van der Waals surface area contributed by atoms with E-state index < -0.39 is 0 Å². The topological polar surface area (TPSA) is 21.3 Å². The first kappa shape index (κ1) is 16.0. The molecule has 2 unspecified atom stereocenters. The van der Waals surface area contributed by atoms with Gasteiger partial charge in [-0.3, -0.25) is 0 Å². The van der Waals surface area contributed by atoms with Gasteiger partial charge in [0.1, 0.15) is 0 Å². The molecule has 1 aliphatic rings.